The summed E-state index contributed by atoms with van der Waals surface area (Å²) in [5, 5.41) is 0.0966. The molecule has 0 bridgehead atoms. The minimum absolute atomic E-state index is 0.0121. The second kappa shape index (κ2) is 5.65. The molecule has 0 N–H and O–H groups in total. The van der Waals surface area contributed by atoms with Gasteiger partial charge in [-0.15, -0.1) is 0 Å². The number of oxazole rings is 1. The molecule has 0 amide bonds. The maximum Gasteiger partial charge on any atom is 0.419 e. The van der Waals surface area contributed by atoms with E-state index in [1.807, 2.05) is 13.8 Å². The van der Waals surface area contributed by atoms with E-state index >= 15 is 0 Å². The van der Waals surface area contributed by atoms with Gasteiger partial charge in [0, 0.05) is 25.7 Å². The summed E-state index contributed by atoms with van der Waals surface area (Å²) < 4.78 is 33.9. The highest BCUT2D eigenvalue weighted by molar-refractivity contribution is 7.89. The van der Waals surface area contributed by atoms with Gasteiger partial charge < -0.3 is 4.42 Å². The van der Waals surface area contributed by atoms with Crippen LogP contribution in [-0.2, 0) is 17.1 Å². The van der Waals surface area contributed by atoms with Gasteiger partial charge in [0.1, 0.15) is 4.90 Å². The Morgan fingerprint density at radius 2 is 2.00 bits per heavy atom. The zero-order valence-electron chi connectivity index (χ0n) is 13.2. The van der Waals surface area contributed by atoms with Gasteiger partial charge in [0.2, 0.25) is 10.0 Å². The number of piperidine rings is 1. The predicted molar refractivity (Wildman–Crippen MR) is 88.2 cm³/mol. The van der Waals surface area contributed by atoms with E-state index in [2.05, 4.69) is 0 Å². The summed E-state index contributed by atoms with van der Waals surface area (Å²) in [6, 6.07) is 2.72. The summed E-state index contributed by atoms with van der Waals surface area (Å²) in [6.07, 6.45) is 1.83. The van der Waals surface area contributed by atoms with Gasteiger partial charge in [-0.3, -0.25) is 4.57 Å². The first kappa shape index (κ1) is 16.5. The van der Waals surface area contributed by atoms with Crippen molar-refractivity contribution in [3.63, 3.8) is 0 Å². The van der Waals surface area contributed by atoms with E-state index in [1.54, 1.807) is 7.05 Å². The largest absolute Gasteiger partial charge is 0.419 e. The van der Waals surface area contributed by atoms with Gasteiger partial charge in [-0.1, -0.05) is 18.5 Å². The van der Waals surface area contributed by atoms with Crippen molar-refractivity contribution in [1.82, 2.24) is 8.87 Å². The Morgan fingerprint density at radius 3 is 2.70 bits per heavy atom. The third-order valence-electron chi connectivity index (χ3n) is 4.75. The van der Waals surface area contributed by atoms with Crippen LogP contribution in [0.5, 0.6) is 0 Å². The number of sulfonamides is 1. The molecular weight excluding hydrogens is 340 g/mol. The molecule has 0 radical (unpaired) electrons. The van der Waals surface area contributed by atoms with Crippen LogP contribution in [0.2, 0.25) is 5.02 Å². The van der Waals surface area contributed by atoms with Crippen molar-refractivity contribution in [1.29, 1.82) is 0 Å². The predicted octanol–water partition coefficient (Wildman–Crippen LogP) is 2.59. The molecule has 6 nitrogen and oxygen atoms in total. The zero-order valence-corrected chi connectivity index (χ0v) is 14.8. The minimum atomic E-state index is -3.74. The summed E-state index contributed by atoms with van der Waals surface area (Å²) in [5.41, 5.74) is 0.692. The lowest BCUT2D eigenvalue weighted by Crippen LogP contribution is -2.45. The fraction of sp³-hybridized carbons (Fsp3) is 0.533. The first-order chi connectivity index (χ1) is 10.7. The van der Waals surface area contributed by atoms with Crippen LogP contribution in [0.15, 0.2) is 26.2 Å². The first-order valence-corrected chi connectivity index (χ1v) is 9.36. The average molecular weight is 359 g/mol. The number of aryl methyl sites for hydroxylation is 1. The Bertz CT molecular complexity index is 915. The van der Waals surface area contributed by atoms with Crippen LogP contribution < -0.4 is 5.76 Å². The number of nitrogens with zero attached hydrogens (tertiary/aromatic N) is 2. The van der Waals surface area contributed by atoms with E-state index in [-0.39, 0.29) is 27.5 Å². The number of hydrogen-bond donors (Lipinski definition) is 0. The molecule has 0 aliphatic carbocycles. The van der Waals surface area contributed by atoms with Crippen LogP contribution in [-0.4, -0.2) is 29.9 Å². The second-order valence-corrected chi connectivity index (χ2v) is 8.42. The van der Waals surface area contributed by atoms with Crippen LogP contribution in [0.4, 0.5) is 0 Å². The molecule has 23 heavy (non-hydrogen) atoms. The van der Waals surface area contributed by atoms with E-state index in [1.165, 1.54) is 21.0 Å². The van der Waals surface area contributed by atoms with E-state index in [4.69, 9.17) is 16.0 Å². The summed E-state index contributed by atoms with van der Waals surface area (Å²) in [4.78, 5) is 11.6. The normalized spacial score (nSPS) is 23.5. The first-order valence-electron chi connectivity index (χ1n) is 7.54. The molecule has 1 saturated heterocycles. The fourth-order valence-corrected chi connectivity index (χ4v) is 5.37. The standard InChI is InChI=1S/C15H19ClN2O4S/c1-9-5-4-6-18(10(9)2)23(20,21)14-8-13-12(7-11(14)16)17(3)15(19)22-13/h7-10H,4-6H2,1-3H3/t9-,10-/m1/s1. The second-order valence-electron chi connectivity index (χ2n) is 6.15. The Kier molecular flexibility index (Phi) is 4.06. The monoisotopic (exact) mass is 358 g/mol. The van der Waals surface area contributed by atoms with Crippen LogP contribution in [0, 0.1) is 5.92 Å². The van der Waals surface area contributed by atoms with Crippen molar-refractivity contribution >= 4 is 32.7 Å². The molecule has 2 heterocycles. The Labute approximate surface area is 139 Å². The maximum absolute atomic E-state index is 13.0. The lowest BCUT2D eigenvalue weighted by Gasteiger charge is -2.36. The topological polar surface area (TPSA) is 72.5 Å². The highest BCUT2D eigenvalue weighted by Crippen LogP contribution is 2.33. The number of fused-ring (bicyclic) bond motifs is 1. The number of rotatable bonds is 2. The van der Waals surface area contributed by atoms with Crippen LogP contribution >= 0.6 is 11.6 Å². The highest BCUT2D eigenvalue weighted by Gasteiger charge is 2.36. The van der Waals surface area contributed by atoms with Crippen LogP contribution in [0.25, 0.3) is 11.1 Å². The Morgan fingerprint density at radius 1 is 1.30 bits per heavy atom. The molecule has 126 valence electrons. The van der Waals surface area contributed by atoms with Crippen molar-refractivity contribution in [2.45, 2.75) is 37.6 Å². The van der Waals surface area contributed by atoms with E-state index in [0.717, 1.165) is 12.8 Å². The van der Waals surface area contributed by atoms with Gasteiger partial charge in [0.15, 0.2) is 5.58 Å². The van der Waals surface area contributed by atoms with Crippen molar-refractivity contribution in [3.8, 4) is 0 Å². The van der Waals surface area contributed by atoms with Gasteiger partial charge in [0.25, 0.3) is 0 Å². The van der Waals surface area contributed by atoms with E-state index in [9.17, 15) is 13.2 Å². The lowest BCUT2D eigenvalue weighted by molar-refractivity contribution is 0.202. The zero-order chi connectivity index (χ0) is 16.9. The molecule has 0 spiro atoms. The Balaban J connectivity index is 2.14. The third kappa shape index (κ3) is 2.60. The molecule has 2 aromatic rings. The molecule has 1 aliphatic heterocycles. The molecule has 0 unspecified atom stereocenters. The SMILES string of the molecule is C[C@@H]1CCCN(S(=O)(=O)c2cc3oc(=O)n(C)c3cc2Cl)[C@@H]1C. The van der Waals surface area contributed by atoms with Gasteiger partial charge in [-0.25, -0.2) is 13.2 Å². The molecule has 8 heteroatoms. The smallest absolute Gasteiger partial charge is 0.408 e. The summed E-state index contributed by atoms with van der Waals surface area (Å²) in [7, 11) is -2.19. The minimum Gasteiger partial charge on any atom is -0.408 e. The maximum atomic E-state index is 13.0. The summed E-state index contributed by atoms with van der Waals surface area (Å²) in [6.45, 7) is 4.44. The van der Waals surface area contributed by atoms with Crippen molar-refractivity contribution in [2.24, 2.45) is 13.0 Å². The molecule has 1 fully saturated rings. The molecular formula is C15H19ClN2O4S. The summed E-state index contributed by atoms with van der Waals surface area (Å²) in [5.74, 6) is -0.263. The van der Waals surface area contributed by atoms with Gasteiger partial charge in [-0.2, -0.15) is 4.31 Å². The van der Waals surface area contributed by atoms with E-state index in [0.29, 0.717) is 12.1 Å². The number of hydrogen-bond acceptors (Lipinski definition) is 4. The van der Waals surface area contributed by atoms with Gasteiger partial charge in [0.05, 0.1) is 10.5 Å². The van der Waals surface area contributed by atoms with Crippen LogP contribution in [0.1, 0.15) is 26.7 Å². The quantitative estimate of drug-likeness (QED) is 0.827. The molecule has 3 rings (SSSR count). The van der Waals surface area contributed by atoms with Crippen molar-refractivity contribution in [2.75, 3.05) is 6.54 Å². The van der Waals surface area contributed by atoms with Crippen molar-refractivity contribution in [3.05, 3.63) is 27.7 Å². The number of aromatic nitrogens is 1. The fourth-order valence-electron chi connectivity index (χ4n) is 3.09. The molecule has 1 aromatic carbocycles. The average Bonchev–Trinajstić information content (AvgIpc) is 2.76. The van der Waals surface area contributed by atoms with Gasteiger partial charge >= 0.3 is 5.76 Å². The molecule has 0 saturated carbocycles. The molecule has 1 aromatic heterocycles. The Hall–Kier alpha value is -1.31. The molecule has 2 atom stereocenters. The summed E-state index contributed by atoms with van der Waals surface area (Å²) >= 11 is 6.21. The number of halogens is 1. The van der Waals surface area contributed by atoms with Gasteiger partial charge in [-0.05, 0) is 31.7 Å². The number of benzene rings is 1. The van der Waals surface area contributed by atoms with E-state index < -0.39 is 15.8 Å². The highest BCUT2D eigenvalue weighted by atomic mass is 35.5. The molecule has 1 aliphatic rings. The lowest BCUT2D eigenvalue weighted by atomic mass is 9.94. The van der Waals surface area contributed by atoms with Crippen molar-refractivity contribution < 1.29 is 12.8 Å². The van der Waals surface area contributed by atoms with Crippen LogP contribution in [0.3, 0.4) is 0 Å². The third-order valence-corrected chi connectivity index (χ3v) is 7.20.